The Bertz CT molecular complexity index is 1680. The van der Waals surface area contributed by atoms with E-state index in [0.717, 1.165) is 21.9 Å². The molecule has 3 aromatic heterocycles. The zero-order chi connectivity index (χ0) is 24.7. The summed E-state index contributed by atoms with van der Waals surface area (Å²) in [5.74, 6) is -0.249. The van der Waals surface area contributed by atoms with Crippen molar-refractivity contribution < 1.29 is 9.18 Å². The highest BCUT2D eigenvalue weighted by atomic mass is 32.2. The number of fused-ring (bicyclic) bond motifs is 3. The van der Waals surface area contributed by atoms with Crippen molar-refractivity contribution in [1.29, 1.82) is 0 Å². The molecule has 0 aliphatic heterocycles. The van der Waals surface area contributed by atoms with Crippen LogP contribution in [0.15, 0.2) is 69.3 Å². The first-order valence-electron chi connectivity index (χ1n) is 10.6. The molecule has 0 aliphatic carbocycles. The van der Waals surface area contributed by atoms with Gasteiger partial charge in [0, 0.05) is 19.8 Å². The van der Waals surface area contributed by atoms with Crippen molar-refractivity contribution in [2.24, 2.45) is 14.1 Å². The van der Waals surface area contributed by atoms with E-state index < -0.39 is 11.2 Å². The lowest BCUT2D eigenvalue weighted by atomic mass is 10.2. The molecule has 5 aromatic rings. The molecule has 0 saturated heterocycles. The summed E-state index contributed by atoms with van der Waals surface area (Å²) in [6, 6.07) is 15.0. The van der Waals surface area contributed by atoms with Gasteiger partial charge in [0.1, 0.15) is 11.5 Å². The van der Waals surface area contributed by atoms with E-state index in [0.29, 0.717) is 22.3 Å². The molecule has 178 valence electrons. The number of imidazole rings is 1. The third-order valence-electron chi connectivity index (χ3n) is 5.59. The van der Waals surface area contributed by atoms with Crippen molar-refractivity contribution in [2.45, 2.75) is 11.7 Å². The number of hydrogen-bond donors (Lipinski definition) is 1. The average Bonchev–Trinajstić information content (AvgIpc) is 3.41. The molecule has 12 heteroatoms. The van der Waals surface area contributed by atoms with Gasteiger partial charge < -0.3 is 5.32 Å². The molecule has 1 N–H and O–H groups in total. The summed E-state index contributed by atoms with van der Waals surface area (Å²) in [5.41, 5.74) is 0.975. The predicted octanol–water partition coefficient (Wildman–Crippen LogP) is 2.00. The standard InChI is InChI=1S/C23H20FN7O3S/c1-28-19-18(20(33)29(2)23(28)34)31-21(30(19)12-14-8-10-15(24)11-9-14)26-27-22(31)35-13-17(32)25-16-6-4-3-5-7-16/h3-11H,12-13H2,1-2H3,(H,25,32). The summed E-state index contributed by atoms with van der Waals surface area (Å²) in [6.45, 7) is 0.227. The highest BCUT2D eigenvalue weighted by Gasteiger charge is 2.24. The first-order valence-corrected chi connectivity index (χ1v) is 11.6. The van der Waals surface area contributed by atoms with Crippen molar-refractivity contribution >= 4 is 40.3 Å². The number of carbonyl (C=O) groups excluding carboxylic acids is 1. The number of aryl methyl sites for hydroxylation is 1. The maximum Gasteiger partial charge on any atom is 0.332 e. The van der Waals surface area contributed by atoms with E-state index in [9.17, 15) is 18.8 Å². The maximum atomic E-state index is 13.4. The normalized spacial score (nSPS) is 11.4. The van der Waals surface area contributed by atoms with Crippen LogP contribution in [-0.4, -0.2) is 40.0 Å². The van der Waals surface area contributed by atoms with Gasteiger partial charge in [-0.15, -0.1) is 10.2 Å². The zero-order valence-corrected chi connectivity index (χ0v) is 19.6. The van der Waals surface area contributed by atoms with Gasteiger partial charge in [0.05, 0.1) is 12.3 Å². The van der Waals surface area contributed by atoms with Gasteiger partial charge in [-0.2, -0.15) is 0 Å². The number of hydrogen-bond acceptors (Lipinski definition) is 6. The highest BCUT2D eigenvalue weighted by Crippen LogP contribution is 2.24. The molecular formula is C23H20FN7O3S. The number of aromatic nitrogens is 6. The van der Waals surface area contributed by atoms with E-state index in [1.54, 1.807) is 40.3 Å². The summed E-state index contributed by atoms with van der Waals surface area (Å²) in [4.78, 5) is 38.3. The number of amides is 1. The molecule has 10 nitrogen and oxygen atoms in total. The van der Waals surface area contributed by atoms with E-state index in [1.807, 2.05) is 18.2 Å². The van der Waals surface area contributed by atoms with Crippen LogP contribution < -0.4 is 16.6 Å². The lowest BCUT2D eigenvalue weighted by molar-refractivity contribution is -0.113. The number of benzene rings is 2. The molecule has 0 bridgehead atoms. The van der Waals surface area contributed by atoms with Crippen molar-refractivity contribution in [3.8, 4) is 0 Å². The Morgan fingerprint density at radius 1 is 1.00 bits per heavy atom. The third-order valence-corrected chi connectivity index (χ3v) is 6.52. The first-order chi connectivity index (χ1) is 16.8. The van der Waals surface area contributed by atoms with Crippen LogP contribution in [0.4, 0.5) is 10.1 Å². The smallest absolute Gasteiger partial charge is 0.325 e. The van der Waals surface area contributed by atoms with Gasteiger partial charge in [-0.05, 0) is 29.8 Å². The van der Waals surface area contributed by atoms with Gasteiger partial charge in [-0.3, -0.25) is 23.3 Å². The quantitative estimate of drug-likeness (QED) is 0.363. The number of thioether (sulfide) groups is 1. The fourth-order valence-corrected chi connectivity index (χ4v) is 4.64. The number of anilines is 1. The summed E-state index contributed by atoms with van der Waals surface area (Å²) >= 11 is 1.12. The van der Waals surface area contributed by atoms with Gasteiger partial charge in [0.2, 0.25) is 11.7 Å². The first kappa shape index (κ1) is 22.6. The molecular weight excluding hydrogens is 473 g/mol. The number of halogens is 1. The number of para-hydroxylation sites is 1. The van der Waals surface area contributed by atoms with Crippen molar-refractivity contribution in [1.82, 2.24) is 28.3 Å². The topological polar surface area (TPSA) is 108 Å². The summed E-state index contributed by atoms with van der Waals surface area (Å²) in [5, 5.41) is 11.6. The van der Waals surface area contributed by atoms with E-state index in [4.69, 9.17) is 0 Å². The largest absolute Gasteiger partial charge is 0.332 e. The second kappa shape index (κ2) is 8.87. The molecule has 0 saturated carbocycles. The zero-order valence-electron chi connectivity index (χ0n) is 18.8. The second-order valence-corrected chi connectivity index (χ2v) is 8.85. The van der Waals surface area contributed by atoms with E-state index >= 15 is 0 Å². The van der Waals surface area contributed by atoms with E-state index in [2.05, 4.69) is 15.5 Å². The second-order valence-electron chi connectivity index (χ2n) is 7.91. The Morgan fingerprint density at radius 3 is 2.43 bits per heavy atom. The fraction of sp³-hybridized carbons (Fsp3) is 0.174. The number of carbonyl (C=O) groups is 1. The van der Waals surface area contributed by atoms with Crippen LogP contribution in [0, 0.1) is 5.82 Å². The summed E-state index contributed by atoms with van der Waals surface area (Å²) in [6.07, 6.45) is 0. The number of nitrogens with one attached hydrogen (secondary N) is 1. The van der Waals surface area contributed by atoms with E-state index in [1.165, 1.54) is 23.7 Å². The lowest BCUT2D eigenvalue weighted by Crippen LogP contribution is -2.37. The van der Waals surface area contributed by atoms with Gasteiger partial charge in [-0.25, -0.2) is 13.6 Å². The van der Waals surface area contributed by atoms with Gasteiger partial charge in [-0.1, -0.05) is 42.1 Å². The monoisotopic (exact) mass is 493 g/mol. The third kappa shape index (κ3) is 4.01. The lowest BCUT2D eigenvalue weighted by Gasteiger charge is -2.09. The number of nitrogens with zero attached hydrogens (tertiary/aromatic N) is 6. The molecule has 2 aromatic carbocycles. The van der Waals surface area contributed by atoms with Crippen LogP contribution in [0.25, 0.3) is 16.9 Å². The highest BCUT2D eigenvalue weighted by molar-refractivity contribution is 7.99. The predicted molar refractivity (Wildman–Crippen MR) is 130 cm³/mol. The van der Waals surface area contributed by atoms with Crippen LogP contribution in [0.1, 0.15) is 5.56 Å². The van der Waals surface area contributed by atoms with Crippen LogP contribution >= 0.6 is 11.8 Å². The summed E-state index contributed by atoms with van der Waals surface area (Å²) in [7, 11) is 2.97. The van der Waals surface area contributed by atoms with Crippen LogP contribution in [0.5, 0.6) is 0 Å². The molecule has 0 spiro atoms. The minimum absolute atomic E-state index is 0.0341. The minimum atomic E-state index is -0.513. The Morgan fingerprint density at radius 2 is 1.71 bits per heavy atom. The summed E-state index contributed by atoms with van der Waals surface area (Å²) < 4.78 is 19.0. The maximum absolute atomic E-state index is 13.4. The fourth-order valence-electron chi connectivity index (χ4n) is 3.91. The Kier molecular flexibility index (Phi) is 5.73. The molecule has 35 heavy (non-hydrogen) atoms. The Hall–Kier alpha value is -4.19. The molecule has 1 amide bonds. The molecule has 0 fully saturated rings. The average molecular weight is 494 g/mol. The number of rotatable bonds is 6. The van der Waals surface area contributed by atoms with Gasteiger partial charge in [0.15, 0.2) is 10.7 Å². The minimum Gasteiger partial charge on any atom is -0.325 e. The van der Waals surface area contributed by atoms with Crippen LogP contribution in [-0.2, 0) is 25.4 Å². The van der Waals surface area contributed by atoms with Crippen LogP contribution in [0.3, 0.4) is 0 Å². The van der Waals surface area contributed by atoms with Crippen LogP contribution in [0.2, 0.25) is 0 Å². The molecule has 3 heterocycles. The van der Waals surface area contributed by atoms with Crippen molar-refractivity contribution in [3.63, 3.8) is 0 Å². The SMILES string of the molecule is Cn1c(=O)c2c(n(C)c1=O)n(Cc1ccc(F)cc1)c1nnc(SCC(=O)Nc3ccccc3)n21. The Labute approximate surface area is 201 Å². The molecule has 5 rings (SSSR count). The Balaban J connectivity index is 1.59. The van der Waals surface area contributed by atoms with Crippen molar-refractivity contribution in [2.75, 3.05) is 11.1 Å². The van der Waals surface area contributed by atoms with Crippen molar-refractivity contribution in [3.05, 3.63) is 86.8 Å². The molecule has 0 radical (unpaired) electrons. The molecule has 0 atom stereocenters. The van der Waals surface area contributed by atoms with Gasteiger partial charge in [0.25, 0.3) is 5.56 Å². The molecule has 0 unspecified atom stereocenters. The van der Waals surface area contributed by atoms with E-state index in [-0.39, 0.29) is 29.5 Å². The van der Waals surface area contributed by atoms with Gasteiger partial charge >= 0.3 is 5.69 Å². The molecule has 0 aliphatic rings.